The summed E-state index contributed by atoms with van der Waals surface area (Å²) in [7, 11) is 0. The number of anilines is 1. The number of aromatic hydroxyl groups is 1. The van der Waals surface area contributed by atoms with E-state index in [1.165, 1.54) is 17.0 Å². The largest absolute Gasteiger partial charge is 0.504 e. The van der Waals surface area contributed by atoms with Crippen LogP contribution in [0.4, 0.5) is 10.5 Å². The van der Waals surface area contributed by atoms with E-state index in [-0.39, 0.29) is 28.8 Å². The molecule has 3 N–H and O–H groups in total. The molecular formula is C22H24N2O5. The Hall–Kier alpha value is -3.22. The van der Waals surface area contributed by atoms with Crippen LogP contribution in [-0.2, 0) is 5.41 Å². The van der Waals surface area contributed by atoms with Gasteiger partial charge in [-0.1, -0.05) is 20.8 Å². The Bertz CT molecular complexity index is 1010. The van der Waals surface area contributed by atoms with Crippen molar-refractivity contribution in [1.29, 1.82) is 0 Å². The second-order valence-electron chi connectivity index (χ2n) is 8.83. The lowest BCUT2D eigenvalue weighted by Crippen LogP contribution is -2.65. The SMILES string of the molecule is CC(C)(C)c1cc(O)c2c(c1)[C@@H]1C[C@@](C)(O2)N(c2ccc(C(=O)O)cc2)C(=O)N1. The van der Waals surface area contributed by atoms with E-state index < -0.39 is 11.7 Å². The molecule has 2 amide bonds. The van der Waals surface area contributed by atoms with Gasteiger partial charge in [0.2, 0.25) is 0 Å². The molecule has 2 aromatic carbocycles. The van der Waals surface area contributed by atoms with E-state index in [0.29, 0.717) is 17.9 Å². The molecule has 7 heteroatoms. The second kappa shape index (κ2) is 6.14. The molecule has 0 aliphatic carbocycles. The molecule has 4 rings (SSSR count). The minimum absolute atomic E-state index is 0.0423. The number of hydrogen-bond donors (Lipinski definition) is 3. The van der Waals surface area contributed by atoms with Gasteiger partial charge in [0.05, 0.1) is 11.6 Å². The van der Waals surface area contributed by atoms with Gasteiger partial charge < -0.3 is 20.3 Å². The number of carbonyl (C=O) groups is 2. The number of rotatable bonds is 2. The first-order valence-electron chi connectivity index (χ1n) is 9.50. The van der Waals surface area contributed by atoms with Crippen molar-refractivity contribution in [2.45, 2.75) is 51.3 Å². The van der Waals surface area contributed by atoms with E-state index in [1.807, 2.05) is 6.07 Å². The second-order valence-corrected chi connectivity index (χ2v) is 8.83. The van der Waals surface area contributed by atoms with Gasteiger partial charge in [0, 0.05) is 17.7 Å². The summed E-state index contributed by atoms with van der Waals surface area (Å²) in [6, 6.07) is 9.12. The van der Waals surface area contributed by atoms with Crippen molar-refractivity contribution in [3.05, 3.63) is 53.1 Å². The van der Waals surface area contributed by atoms with Crippen LogP contribution in [0, 0.1) is 0 Å². The Balaban J connectivity index is 1.77. The number of phenols is 1. The molecule has 1 fully saturated rings. The Morgan fingerprint density at radius 2 is 1.90 bits per heavy atom. The first-order valence-corrected chi connectivity index (χ1v) is 9.50. The molecule has 0 saturated carbocycles. The Labute approximate surface area is 168 Å². The number of fused-ring (bicyclic) bond motifs is 4. The van der Waals surface area contributed by atoms with E-state index in [2.05, 4.69) is 26.1 Å². The summed E-state index contributed by atoms with van der Waals surface area (Å²) in [5, 5.41) is 22.8. The summed E-state index contributed by atoms with van der Waals surface area (Å²) >= 11 is 0. The van der Waals surface area contributed by atoms with Crippen molar-refractivity contribution >= 4 is 17.7 Å². The van der Waals surface area contributed by atoms with Crippen molar-refractivity contribution in [3.8, 4) is 11.5 Å². The predicted molar refractivity (Wildman–Crippen MR) is 108 cm³/mol. The third kappa shape index (κ3) is 3.06. The van der Waals surface area contributed by atoms with Gasteiger partial charge in [-0.2, -0.15) is 0 Å². The molecule has 1 saturated heterocycles. The fourth-order valence-corrected chi connectivity index (χ4v) is 4.03. The van der Waals surface area contributed by atoms with E-state index in [1.54, 1.807) is 25.1 Å². The van der Waals surface area contributed by atoms with E-state index in [0.717, 1.165) is 11.1 Å². The average molecular weight is 396 g/mol. The standard InChI is InChI=1S/C22H24N2O5/c1-21(2,3)13-9-15-16-11-22(4,29-18(15)17(25)10-13)24(20(28)23-16)14-7-5-12(6-8-14)19(26)27/h5-10,16,25H,11H2,1-4H3,(H,23,28)(H,26,27)/t16-,22+/m0/s1. The maximum absolute atomic E-state index is 13.0. The van der Waals surface area contributed by atoms with Crippen LogP contribution in [0.3, 0.4) is 0 Å². The number of urea groups is 1. The smallest absolute Gasteiger partial charge is 0.335 e. The van der Waals surface area contributed by atoms with Gasteiger partial charge in [-0.3, -0.25) is 4.90 Å². The fraction of sp³-hybridized carbons (Fsp3) is 0.364. The molecule has 2 heterocycles. The maximum atomic E-state index is 13.0. The van der Waals surface area contributed by atoms with Crippen molar-refractivity contribution < 1.29 is 24.5 Å². The zero-order valence-electron chi connectivity index (χ0n) is 16.8. The number of carbonyl (C=O) groups excluding carboxylic acids is 1. The van der Waals surface area contributed by atoms with E-state index in [4.69, 9.17) is 9.84 Å². The molecule has 29 heavy (non-hydrogen) atoms. The lowest BCUT2D eigenvalue weighted by atomic mass is 9.82. The molecule has 7 nitrogen and oxygen atoms in total. The minimum atomic E-state index is -1.03. The number of nitrogens with zero attached hydrogens (tertiary/aromatic N) is 1. The van der Waals surface area contributed by atoms with Crippen LogP contribution in [0.2, 0.25) is 0 Å². The molecule has 0 aromatic heterocycles. The number of carboxylic acid groups (broad SMARTS) is 1. The first kappa shape index (κ1) is 19.1. The third-order valence-electron chi connectivity index (χ3n) is 5.59. The Kier molecular flexibility index (Phi) is 4.05. The summed E-state index contributed by atoms with van der Waals surface area (Å²) in [5.41, 5.74) is 1.19. The summed E-state index contributed by atoms with van der Waals surface area (Å²) < 4.78 is 6.20. The average Bonchev–Trinajstić information content (AvgIpc) is 2.61. The number of benzene rings is 2. The number of carboxylic acids is 1. The number of phenolic OH excluding ortho intramolecular Hbond substituents is 1. The van der Waals surface area contributed by atoms with E-state index in [9.17, 15) is 14.7 Å². The minimum Gasteiger partial charge on any atom is -0.504 e. The van der Waals surface area contributed by atoms with Crippen molar-refractivity contribution in [2.75, 3.05) is 4.90 Å². The number of ether oxygens (including phenoxy) is 1. The van der Waals surface area contributed by atoms with Crippen LogP contribution < -0.4 is 15.0 Å². The van der Waals surface area contributed by atoms with Gasteiger partial charge in [0.15, 0.2) is 17.2 Å². The zero-order chi connectivity index (χ0) is 21.1. The highest BCUT2D eigenvalue weighted by Gasteiger charge is 2.50. The predicted octanol–water partition coefficient (Wildman–Crippen LogP) is 4.16. The maximum Gasteiger partial charge on any atom is 0.335 e. The fourth-order valence-electron chi connectivity index (χ4n) is 4.03. The summed E-state index contributed by atoms with van der Waals surface area (Å²) in [6.45, 7) is 7.97. The molecule has 2 aromatic rings. The molecular weight excluding hydrogens is 372 g/mol. The first-order chi connectivity index (χ1) is 13.5. The van der Waals surface area contributed by atoms with Crippen LogP contribution in [0.5, 0.6) is 11.5 Å². The van der Waals surface area contributed by atoms with Gasteiger partial charge in [-0.25, -0.2) is 9.59 Å². The topological polar surface area (TPSA) is 99.1 Å². The number of nitrogens with one attached hydrogen (secondary N) is 1. The van der Waals surface area contributed by atoms with Crippen molar-refractivity contribution in [3.63, 3.8) is 0 Å². The molecule has 2 atom stereocenters. The molecule has 2 aliphatic heterocycles. The zero-order valence-corrected chi connectivity index (χ0v) is 16.8. The van der Waals surface area contributed by atoms with Crippen LogP contribution in [-0.4, -0.2) is 27.9 Å². The third-order valence-corrected chi connectivity index (χ3v) is 5.59. The highest BCUT2D eigenvalue weighted by Crippen LogP contribution is 2.50. The van der Waals surface area contributed by atoms with Crippen LogP contribution in [0.1, 0.15) is 61.6 Å². The monoisotopic (exact) mass is 396 g/mol. The van der Waals surface area contributed by atoms with Gasteiger partial charge in [-0.15, -0.1) is 0 Å². The quantitative estimate of drug-likeness (QED) is 0.708. The van der Waals surface area contributed by atoms with Gasteiger partial charge in [-0.05, 0) is 54.3 Å². The number of aromatic carboxylic acids is 1. The van der Waals surface area contributed by atoms with Crippen LogP contribution >= 0.6 is 0 Å². The number of hydrogen-bond acceptors (Lipinski definition) is 4. The highest BCUT2D eigenvalue weighted by atomic mass is 16.5. The van der Waals surface area contributed by atoms with E-state index >= 15 is 0 Å². The lowest BCUT2D eigenvalue weighted by molar-refractivity contribution is 0.0348. The normalized spacial score (nSPS) is 23.1. The van der Waals surface area contributed by atoms with Crippen LogP contribution in [0.25, 0.3) is 0 Å². The van der Waals surface area contributed by atoms with Crippen LogP contribution in [0.15, 0.2) is 36.4 Å². The lowest BCUT2D eigenvalue weighted by Gasteiger charge is -2.50. The highest BCUT2D eigenvalue weighted by molar-refractivity contribution is 5.96. The van der Waals surface area contributed by atoms with Gasteiger partial charge in [0.25, 0.3) is 0 Å². The summed E-state index contributed by atoms with van der Waals surface area (Å²) in [4.78, 5) is 25.5. The Morgan fingerprint density at radius 3 is 2.48 bits per heavy atom. The molecule has 2 aliphatic rings. The molecule has 2 bridgehead atoms. The molecule has 0 unspecified atom stereocenters. The molecule has 0 radical (unpaired) electrons. The number of amides is 2. The summed E-state index contributed by atoms with van der Waals surface area (Å²) in [5.74, 6) is -0.627. The van der Waals surface area contributed by atoms with Gasteiger partial charge >= 0.3 is 12.0 Å². The molecule has 152 valence electrons. The Morgan fingerprint density at radius 1 is 1.24 bits per heavy atom. The van der Waals surface area contributed by atoms with Crippen molar-refractivity contribution in [2.24, 2.45) is 0 Å². The molecule has 0 spiro atoms. The van der Waals surface area contributed by atoms with Gasteiger partial charge in [0.1, 0.15) is 0 Å². The summed E-state index contributed by atoms with van der Waals surface area (Å²) in [6.07, 6.45) is 0.486. The van der Waals surface area contributed by atoms with Crippen molar-refractivity contribution in [1.82, 2.24) is 5.32 Å².